The molecule has 3 rings (SSSR count). The largest absolute Gasteiger partial charge is 0.490 e. The van der Waals surface area contributed by atoms with E-state index in [1.165, 1.54) is 0 Å². The van der Waals surface area contributed by atoms with Gasteiger partial charge in [0.05, 0.1) is 5.92 Å². The Labute approximate surface area is 164 Å². The number of aliphatic carboxylic acids is 1. The van der Waals surface area contributed by atoms with Crippen LogP contribution in [0, 0.1) is 19.8 Å². The van der Waals surface area contributed by atoms with Crippen LogP contribution in [0.4, 0.5) is 0 Å². The number of rotatable bonds is 8. The number of carboxylic acids is 1. The van der Waals surface area contributed by atoms with Gasteiger partial charge < -0.3 is 19.5 Å². The first kappa shape index (κ1) is 19.7. The molecule has 28 heavy (non-hydrogen) atoms. The zero-order valence-electron chi connectivity index (χ0n) is 16.2. The van der Waals surface area contributed by atoms with Gasteiger partial charge in [-0.3, -0.25) is 9.59 Å². The molecule has 1 atom stereocenters. The standard InChI is InChI=1S/C22H25NO5/c1-15-5-3-6-16(2)21(15)28-10-9-27-19-8-4-7-17(11-19)13-23-14-18(22(25)26)12-20(23)24/h3-8,11,18H,9-10,12-14H2,1-2H3,(H,25,26). The van der Waals surface area contributed by atoms with Crippen LogP contribution >= 0.6 is 0 Å². The summed E-state index contributed by atoms with van der Waals surface area (Å²) >= 11 is 0. The SMILES string of the molecule is Cc1cccc(C)c1OCCOc1cccc(CN2CC(C(=O)O)CC2=O)c1. The molecule has 6 nitrogen and oxygen atoms in total. The van der Waals surface area contributed by atoms with Crippen LogP contribution in [0.1, 0.15) is 23.1 Å². The van der Waals surface area contributed by atoms with E-state index < -0.39 is 11.9 Å². The number of para-hydroxylation sites is 1. The highest BCUT2D eigenvalue weighted by Gasteiger charge is 2.34. The summed E-state index contributed by atoms with van der Waals surface area (Å²) in [6, 6.07) is 13.5. The highest BCUT2D eigenvalue weighted by atomic mass is 16.5. The van der Waals surface area contributed by atoms with E-state index in [0.29, 0.717) is 25.5 Å². The Balaban J connectivity index is 1.51. The number of nitrogens with zero attached hydrogens (tertiary/aromatic N) is 1. The van der Waals surface area contributed by atoms with E-state index in [1.807, 2.05) is 56.3 Å². The van der Waals surface area contributed by atoms with Gasteiger partial charge in [-0.05, 0) is 42.7 Å². The molecule has 148 valence electrons. The molecule has 0 radical (unpaired) electrons. The van der Waals surface area contributed by atoms with E-state index in [1.54, 1.807) is 4.90 Å². The summed E-state index contributed by atoms with van der Waals surface area (Å²) in [5.74, 6) is -0.0732. The lowest BCUT2D eigenvalue weighted by atomic mass is 10.1. The van der Waals surface area contributed by atoms with Crippen molar-refractivity contribution in [2.75, 3.05) is 19.8 Å². The first-order valence-electron chi connectivity index (χ1n) is 9.35. The molecule has 0 aliphatic carbocycles. The Kier molecular flexibility index (Phi) is 6.19. The molecule has 1 unspecified atom stereocenters. The van der Waals surface area contributed by atoms with Crippen molar-refractivity contribution in [1.29, 1.82) is 0 Å². The molecule has 2 aromatic rings. The average molecular weight is 383 g/mol. The second kappa shape index (κ2) is 8.78. The summed E-state index contributed by atoms with van der Waals surface area (Å²) in [6.45, 7) is 5.51. The van der Waals surface area contributed by atoms with Gasteiger partial charge in [-0.1, -0.05) is 30.3 Å². The van der Waals surface area contributed by atoms with Gasteiger partial charge in [0, 0.05) is 19.5 Å². The summed E-state index contributed by atoms with van der Waals surface area (Å²) in [4.78, 5) is 24.7. The van der Waals surface area contributed by atoms with Gasteiger partial charge in [0.25, 0.3) is 0 Å². The number of carbonyl (C=O) groups is 2. The molecule has 2 aromatic carbocycles. The second-order valence-corrected chi connectivity index (χ2v) is 7.08. The molecule has 6 heteroatoms. The van der Waals surface area contributed by atoms with E-state index in [4.69, 9.17) is 14.6 Å². The van der Waals surface area contributed by atoms with Crippen molar-refractivity contribution >= 4 is 11.9 Å². The van der Waals surface area contributed by atoms with Crippen molar-refractivity contribution in [3.63, 3.8) is 0 Å². The molecular weight excluding hydrogens is 358 g/mol. The van der Waals surface area contributed by atoms with E-state index >= 15 is 0 Å². The van der Waals surface area contributed by atoms with Crippen LogP contribution in [0.15, 0.2) is 42.5 Å². The van der Waals surface area contributed by atoms with Crippen molar-refractivity contribution in [1.82, 2.24) is 4.90 Å². The molecule has 1 aliphatic rings. The average Bonchev–Trinajstić information content (AvgIpc) is 3.02. The summed E-state index contributed by atoms with van der Waals surface area (Å²) in [5, 5.41) is 9.09. The highest BCUT2D eigenvalue weighted by molar-refractivity contribution is 5.86. The van der Waals surface area contributed by atoms with Gasteiger partial charge in [-0.15, -0.1) is 0 Å². The van der Waals surface area contributed by atoms with Gasteiger partial charge in [0.2, 0.25) is 5.91 Å². The normalized spacial score (nSPS) is 16.3. The maximum atomic E-state index is 12.0. The number of likely N-dealkylation sites (tertiary alicyclic amines) is 1. The first-order valence-corrected chi connectivity index (χ1v) is 9.35. The molecule has 1 fully saturated rings. The van der Waals surface area contributed by atoms with Crippen molar-refractivity contribution in [3.8, 4) is 11.5 Å². The number of hydrogen-bond acceptors (Lipinski definition) is 4. The number of carbonyl (C=O) groups excluding carboxylic acids is 1. The zero-order valence-corrected chi connectivity index (χ0v) is 16.2. The highest BCUT2D eigenvalue weighted by Crippen LogP contribution is 2.23. The predicted molar refractivity (Wildman–Crippen MR) is 105 cm³/mol. The number of carboxylic acid groups (broad SMARTS) is 1. The summed E-state index contributed by atoms with van der Waals surface area (Å²) in [7, 11) is 0. The minimum absolute atomic E-state index is 0.0706. The minimum atomic E-state index is -0.920. The smallest absolute Gasteiger partial charge is 0.308 e. The topological polar surface area (TPSA) is 76.1 Å². The Hall–Kier alpha value is -3.02. The Morgan fingerprint density at radius 3 is 2.46 bits per heavy atom. The fourth-order valence-electron chi connectivity index (χ4n) is 3.37. The van der Waals surface area contributed by atoms with Crippen LogP contribution in [-0.2, 0) is 16.1 Å². The Bertz CT molecular complexity index is 844. The molecule has 0 spiro atoms. The molecule has 1 N–H and O–H groups in total. The van der Waals surface area contributed by atoms with Crippen LogP contribution in [0.2, 0.25) is 0 Å². The summed E-state index contributed by atoms with van der Waals surface area (Å²) < 4.78 is 11.6. The second-order valence-electron chi connectivity index (χ2n) is 7.08. The van der Waals surface area contributed by atoms with E-state index in [0.717, 1.165) is 22.4 Å². The zero-order chi connectivity index (χ0) is 20.1. The van der Waals surface area contributed by atoms with Gasteiger partial charge in [-0.25, -0.2) is 0 Å². The first-order chi connectivity index (χ1) is 13.4. The molecule has 0 saturated carbocycles. The van der Waals surface area contributed by atoms with Crippen molar-refractivity contribution in [2.24, 2.45) is 5.92 Å². The van der Waals surface area contributed by atoms with Crippen LogP contribution in [0.25, 0.3) is 0 Å². The number of hydrogen-bond donors (Lipinski definition) is 1. The van der Waals surface area contributed by atoms with E-state index in [2.05, 4.69) is 0 Å². The van der Waals surface area contributed by atoms with Crippen molar-refractivity contribution in [2.45, 2.75) is 26.8 Å². The number of amides is 1. The van der Waals surface area contributed by atoms with Gasteiger partial charge >= 0.3 is 5.97 Å². The molecular formula is C22H25NO5. The number of aryl methyl sites for hydroxylation is 2. The van der Waals surface area contributed by atoms with Gasteiger partial charge in [-0.2, -0.15) is 0 Å². The molecule has 0 aromatic heterocycles. The quantitative estimate of drug-likeness (QED) is 0.709. The number of ether oxygens (including phenoxy) is 2. The van der Waals surface area contributed by atoms with Crippen molar-refractivity contribution in [3.05, 3.63) is 59.2 Å². The Morgan fingerprint density at radius 1 is 1.11 bits per heavy atom. The minimum Gasteiger partial charge on any atom is -0.490 e. The fraction of sp³-hybridized carbons (Fsp3) is 0.364. The van der Waals surface area contributed by atoms with Gasteiger partial charge in [0.15, 0.2) is 0 Å². The lowest BCUT2D eigenvalue weighted by Crippen LogP contribution is -2.25. The van der Waals surface area contributed by atoms with E-state index in [9.17, 15) is 9.59 Å². The van der Waals surface area contributed by atoms with E-state index in [-0.39, 0.29) is 18.9 Å². The maximum absolute atomic E-state index is 12.0. The third-order valence-electron chi connectivity index (χ3n) is 4.84. The fourth-order valence-corrected chi connectivity index (χ4v) is 3.37. The predicted octanol–water partition coefficient (Wildman–Crippen LogP) is 3.19. The van der Waals surface area contributed by atoms with Crippen LogP contribution in [0.5, 0.6) is 11.5 Å². The molecule has 0 bridgehead atoms. The maximum Gasteiger partial charge on any atom is 0.308 e. The summed E-state index contributed by atoms with van der Waals surface area (Å²) in [6.07, 6.45) is 0.0706. The number of benzene rings is 2. The monoisotopic (exact) mass is 383 g/mol. The van der Waals surface area contributed by atoms with Crippen molar-refractivity contribution < 1.29 is 24.2 Å². The Morgan fingerprint density at radius 2 is 1.79 bits per heavy atom. The summed E-state index contributed by atoms with van der Waals surface area (Å²) in [5.41, 5.74) is 3.10. The van der Waals surface area contributed by atoms with Crippen LogP contribution < -0.4 is 9.47 Å². The molecule has 1 amide bonds. The van der Waals surface area contributed by atoms with Crippen LogP contribution in [0.3, 0.4) is 0 Å². The third kappa shape index (κ3) is 4.82. The molecule has 1 aliphatic heterocycles. The lowest BCUT2D eigenvalue weighted by molar-refractivity contribution is -0.141. The third-order valence-corrected chi connectivity index (χ3v) is 4.84. The molecule has 1 heterocycles. The lowest BCUT2D eigenvalue weighted by Gasteiger charge is -2.17. The van der Waals surface area contributed by atoms with Crippen LogP contribution in [-0.4, -0.2) is 41.6 Å². The molecule has 1 saturated heterocycles. The van der Waals surface area contributed by atoms with Gasteiger partial charge in [0.1, 0.15) is 24.7 Å².